The number of rotatable bonds is 5. The maximum atomic E-state index is 12.7. The fourth-order valence-corrected chi connectivity index (χ4v) is 4.27. The fraction of sp³-hybridized carbons (Fsp3) is 0.259. The van der Waals surface area contributed by atoms with Crippen LogP contribution in [0.5, 0.6) is 0 Å². The predicted octanol–water partition coefficient (Wildman–Crippen LogP) is 5.22. The SMILES string of the molecule is O=C(Cc1ccc(-c2ccccc2)cc1)Nc1ccc2c(c1)N(C(=O)C1CC1)CCC2. The lowest BCUT2D eigenvalue weighted by Gasteiger charge is -2.30. The highest BCUT2D eigenvalue weighted by molar-refractivity contribution is 5.99. The smallest absolute Gasteiger partial charge is 0.230 e. The van der Waals surface area contributed by atoms with Crippen LogP contribution in [0.25, 0.3) is 11.1 Å². The molecule has 1 aliphatic heterocycles. The summed E-state index contributed by atoms with van der Waals surface area (Å²) < 4.78 is 0. The Labute approximate surface area is 182 Å². The van der Waals surface area contributed by atoms with E-state index in [0.29, 0.717) is 6.42 Å². The molecule has 31 heavy (non-hydrogen) atoms. The van der Waals surface area contributed by atoms with Crippen molar-refractivity contribution in [1.29, 1.82) is 0 Å². The van der Waals surface area contributed by atoms with Crippen molar-refractivity contribution in [3.8, 4) is 11.1 Å². The van der Waals surface area contributed by atoms with Gasteiger partial charge in [0.25, 0.3) is 0 Å². The number of carbonyl (C=O) groups excluding carboxylic acids is 2. The number of amides is 2. The minimum Gasteiger partial charge on any atom is -0.326 e. The Morgan fingerprint density at radius 3 is 2.39 bits per heavy atom. The summed E-state index contributed by atoms with van der Waals surface area (Å²) in [5.74, 6) is 0.384. The summed E-state index contributed by atoms with van der Waals surface area (Å²) in [4.78, 5) is 27.2. The fourth-order valence-electron chi connectivity index (χ4n) is 4.27. The van der Waals surface area contributed by atoms with Crippen LogP contribution in [0.1, 0.15) is 30.4 Å². The van der Waals surface area contributed by atoms with Gasteiger partial charge in [-0.05, 0) is 60.1 Å². The van der Waals surface area contributed by atoms with E-state index in [1.807, 2.05) is 53.4 Å². The van der Waals surface area contributed by atoms with Gasteiger partial charge in [-0.2, -0.15) is 0 Å². The van der Waals surface area contributed by atoms with Crippen LogP contribution in [0.15, 0.2) is 72.8 Å². The molecule has 0 bridgehead atoms. The number of benzene rings is 3. The summed E-state index contributed by atoms with van der Waals surface area (Å²) in [6.45, 7) is 0.771. The normalized spacial score (nSPS) is 15.3. The zero-order valence-corrected chi connectivity index (χ0v) is 17.5. The molecule has 0 spiro atoms. The van der Waals surface area contributed by atoms with Gasteiger partial charge >= 0.3 is 0 Å². The third-order valence-corrected chi connectivity index (χ3v) is 6.11. The maximum absolute atomic E-state index is 12.7. The lowest BCUT2D eigenvalue weighted by molar-refractivity contribution is -0.120. The van der Waals surface area contributed by atoms with Gasteiger partial charge in [-0.3, -0.25) is 9.59 Å². The molecule has 4 nitrogen and oxygen atoms in total. The Hall–Kier alpha value is -3.40. The number of aryl methyl sites for hydroxylation is 1. The summed E-state index contributed by atoms with van der Waals surface area (Å²) in [6.07, 6.45) is 4.30. The summed E-state index contributed by atoms with van der Waals surface area (Å²) in [5, 5.41) is 3.01. The zero-order chi connectivity index (χ0) is 21.2. The average molecular weight is 411 g/mol. The molecule has 5 rings (SSSR count). The topological polar surface area (TPSA) is 49.4 Å². The van der Waals surface area contributed by atoms with Crippen LogP contribution in [0.2, 0.25) is 0 Å². The van der Waals surface area contributed by atoms with Gasteiger partial charge < -0.3 is 10.2 Å². The van der Waals surface area contributed by atoms with Crippen LogP contribution < -0.4 is 10.2 Å². The van der Waals surface area contributed by atoms with Gasteiger partial charge in [-0.1, -0.05) is 60.7 Å². The van der Waals surface area contributed by atoms with E-state index in [4.69, 9.17) is 0 Å². The number of fused-ring (bicyclic) bond motifs is 1. The molecule has 1 N–H and O–H groups in total. The quantitative estimate of drug-likeness (QED) is 0.627. The molecule has 1 saturated carbocycles. The molecule has 2 amide bonds. The Kier molecular flexibility index (Phi) is 5.29. The average Bonchev–Trinajstić information content (AvgIpc) is 3.65. The van der Waals surface area contributed by atoms with Crippen LogP contribution in [0, 0.1) is 5.92 Å². The molecule has 0 radical (unpaired) electrons. The van der Waals surface area contributed by atoms with E-state index in [2.05, 4.69) is 29.6 Å². The van der Waals surface area contributed by atoms with Gasteiger partial charge in [-0.25, -0.2) is 0 Å². The van der Waals surface area contributed by atoms with Crippen LogP contribution >= 0.6 is 0 Å². The van der Waals surface area contributed by atoms with Crippen LogP contribution in [0.4, 0.5) is 11.4 Å². The first-order valence-electron chi connectivity index (χ1n) is 11.1. The van der Waals surface area contributed by atoms with Gasteiger partial charge in [0.05, 0.1) is 6.42 Å². The number of carbonyl (C=O) groups is 2. The molecule has 156 valence electrons. The van der Waals surface area contributed by atoms with Crippen molar-refractivity contribution in [1.82, 2.24) is 0 Å². The highest BCUT2D eigenvalue weighted by Crippen LogP contribution is 2.37. The molecule has 4 heteroatoms. The largest absolute Gasteiger partial charge is 0.326 e. The molecule has 1 aliphatic carbocycles. The van der Waals surface area contributed by atoms with E-state index in [1.54, 1.807) is 0 Å². The van der Waals surface area contributed by atoms with Gasteiger partial charge in [0.15, 0.2) is 0 Å². The van der Waals surface area contributed by atoms with E-state index in [9.17, 15) is 9.59 Å². The number of hydrogen-bond donors (Lipinski definition) is 1. The standard InChI is InChI=1S/C27H26N2O2/c30-26(17-19-8-10-21(11-9-19)20-5-2-1-3-6-20)28-24-15-14-22-7-4-16-29(25(22)18-24)27(31)23-12-13-23/h1-3,5-6,8-11,14-15,18,23H,4,7,12-13,16-17H2,(H,28,30). The first-order chi connectivity index (χ1) is 15.2. The summed E-state index contributed by atoms with van der Waals surface area (Å²) >= 11 is 0. The van der Waals surface area contributed by atoms with E-state index in [0.717, 1.165) is 60.3 Å². The second kappa shape index (κ2) is 8.38. The second-order valence-corrected chi connectivity index (χ2v) is 8.50. The lowest BCUT2D eigenvalue weighted by atomic mass is 10.0. The number of anilines is 2. The molecule has 0 aromatic heterocycles. The van der Waals surface area contributed by atoms with Crippen LogP contribution in [0.3, 0.4) is 0 Å². The Morgan fingerprint density at radius 1 is 0.903 bits per heavy atom. The van der Waals surface area contributed by atoms with Gasteiger partial charge in [-0.15, -0.1) is 0 Å². The first kappa shape index (κ1) is 19.6. The van der Waals surface area contributed by atoms with E-state index < -0.39 is 0 Å². The molecule has 2 aliphatic rings. The first-order valence-corrected chi connectivity index (χ1v) is 11.1. The minimum absolute atomic E-state index is 0.0525. The van der Waals surface area contributed by atoms with Gasteiger partial charge in [0.2, 0.25) is 11.8 Å². The molecule has 0 saturated heterocycles. The highest BCUT2D eigenvalue weighted by atomic mass is 16.2. The van der Waals surface area contributed by atoms with Crippen LogP contribution in [-0.4, -0.2) is 18.4 Å². The monoisotopic (exact) mass is 410 g/mol. The second-order valence-electron chi connectivity index (χ2n) is 8.50. The predicted molar refractivity (Wildman–Crippen MR) is 124 cm³/mol. The van der Waals surface area contributed by atoms with E-state index >= 15 is 0 Å². The zero-order valence-electron chi connectivity index (χ0n) is 17.5. The molecular weight excluding hydrogens is 384 g/mol. The summed E-state index contributed by atoms with van der Waals surface area (Å²) in [6, 6.07) is 24.3. The van der Waals surface area contributed by atoms with Crippen molar-refractivity contribution in [3.05, 3.63) is 83.9 Å². The van der Waals surface area contributed by atoms with Gasteiger partial charge in [0, 0.05) is 23.8 Å². The third-order valence-electron chi connectivity index (χ3n) is 6.11. The summed E-state index contributed by atoms with van der Waals surface area (Å²) in [5.41, 5.74) is 6.18. The number of hydrogen-bond acceptors (Lipinski definition) is 2. The van der Waals surface area contributed by atoms with E-state index in [-0.39, 0.29) is 17.7 Å². The van der Waals surface area contributed by atoms with Gasteiger partial charge in [0.1, 0.15) is 0 Å². The lowest BCUT2D eigenvalue weighted by Crippen LogP contribution is -2.36. The Morgan fingerprint density at radius 2 is 1.65 bits per heavy atom. The molecule has 0 unspecified atom stereocenters. The number of nitrogens with one attached hydrogen (secondary N) is 1. The highest BCUT2D eigenvalue weighted by Gasteiger charge is 2.35. The Bertz CT molecular complexity index is 1100. The molecule has 1 fully saturated rings. The summed E-state index contributed by atoms with van der Waals surface area (Å²) in [7, 11) is 0. The van der Waals surface area contributed by atoms with Crippen molar-refractivity contribution in [3.63, 3.8) is 0 Å². The number of nitrogens with zero attached hydrogens (tertiary/aromatic N) is 1. The Balaban J connectivity index is 1.26. The van der Waals surface area contributed by atoms with Crippen molar-refractivity contribution in [2.75, 3.05) is 16.8 Å². The van der Waals surface area contributed by atoms with Crippen LogP contribution in [-0.2, 0) is 22.4 Å². The van der Waals surface area contributed by atoms with E-state index in [1.165, 1.54) is 5.56 Å². The maximum Gasteiger partial charge on any atom is 0.230 e. The van der Waals surface area contributed by atoms with Crippen molar-refractivity contribution in [2.24, 2.45) is 5.92 Å². The molecule has 1 heterocycles. The molecule has 3 aromatic rings. The molecule has 0 atom stereocenters. The molecular formula is C27H26N2O2. The van der Waals surface area contributed by atoms with Crippen molar-refractivity contribution >= 4 is 23.2 Å². The minimum atomic E-state index is -0.0525. The third kappa shape index (κ3) is 4.38. The van der Waals surface area contributed by atoms with Crippen molar-refractivity contribution in [2.45, 2.75) is 32.1 Å². The van der Waals surface area contributed by atoms with Crippen molar-refractivity contribution < 1.29 is 9.59 Å². The molecule has 3 aromatic carbocycles.